The number of hydrogen-bond donors (Lipinski definition) is 2. The van der Waals surface area contributed by atoms with Gasteiger partial charge in [-0.2, -0.15) is 9.82 Å². The molecule has 1 rings (SSSR count). The molecule has 0 fully saturated rings. The van der Waals surface area contributed by atoms with E-state index in [9.17, 15) is 13.2 Å². The highest BCUT2D eigenvalue weighted by atomic mass is 32.2. The third-order valence-corrected chi connectivity index (χ3v) is 3.37. The van der Waals surface area contributed by atoms with E-state index in [-0.39, 0.29) is 5.03 Å². The number of aliphatic carboxylic acids is 1. The SMILES string of the molecule is CC(NS(=O)(=O)c1ccnn1C)C(=O)O. The number of aryl methyl sites for hydroxylation is 1. The lowest BCUT2D eigenvalue weighted by Crippen LogP contribution is -2.38. The van der Waals surface area contributed by atoms with Crippen LogP contribution in [0, 0.1) is 0 Å². The van der Waals surface area contributed by atoms with Gasteiger partial charge < -0.3 is 5.11 Å². The van der Waals surface area contributed by atoms with E-state index in [0.717, 1.165) is 4.68 Å². The number of aromatic nitrogens is 2. The molecule has 1 aromatic rings. The maximum atomic E-state index is 11.6. The van der Waals surface area contributed by atoms with Gasteiger partial charge >= 0.3 is 5.97 Å². The third-order valence-electron chi connectivity index (χ3n) is 1.75. The van der Waals surface area contributed by atoms with Gasteiger partial charge in [0.1, 0.15) is 6.04 Å². The van der Waals surface area contributed by atoms with E-state index in [0.29, 0.717) is 0 Å². The van der Waals surface area contributed by atoms with Gasteiger partial charge in [-0.25, -0.2) is 8.42 Å². The lowest BCUT2D eigenvalue weighted by Gasteiger charge is -2.09. The highest BCUT2D eigenvalue weighted by Gasteiger charge is 2.23. The van der Waals surface area contributed by atoms with Crippen molar-refractivity contribution in [1.29, 1.82) is 0 Å². The van der Waals surface area contributed by atoms with Gasteiger partial charge in [0.2, 0.25) is 0 Å². The predicted octanol–water partition coefficient (Wildman–Crippen LogP) is -0.828. The molecule has 8 heteroatoms. The van der Waals surface area contributed by atoms with Gasteiger partial charge in [-0.15, -0.1) is 0 Å². The molecule has 0 aliphatic carbocycles. The molecule has 84 valence electrons. The maximum absolute atomic E-state index is 11.6. The average Bonchev–Trinajstić information content (AvgIpc) is 2.50. The van der Waals surface area contributed by atoms with Crippen LogP contribution in [-0.4, -0.2) is 35.3 Å². The van der Waals surface area contributed by atoms with Crippen molar-refractivity contribution >= 4 is 16.0 Å². The van der Waals surface area contributed by atoms with Gasteiger partial charge in [-0.05, 0) is 13.0 Å². The standard InChI is InChI=1S/C7H11N3O4S/c1-5(7(11)12)9-15(13,14)6-3-4-8-10(6)2/h3-5,9H,1-2H3,(H,11,12). The van der Waals surface area contributed by atoms with Crippen LogP contribution in [0.2, 0.25) is 0 Å². The number of rotatable bonds is 4. The number of carbonyl (C=O) groups is 1. The molecule has 1 atom stereocenters. The zero-order chi connectivity index (χ0) is 11.6. The summed E-state index contributed by atoms with van der Waals surface area (Å²) in [7, 11) is -2.36. The Balaban J connectivity index is 2.96. The first-order valence-electron chi connectivity index (χ1n) is 4.08. The van der Waals surface area contributed by atoms with E-state index in [1.807, 2.05) is 4.72 Å². The summed E-state index contributed by atoms with van der Waals surface area (Å²) in [5.41, 5.74) is 0. The number of carboxylic acids is 1. The molecule has 0 radical (unpaired) electrons. The third kappa shape index (κ3) is 2.54. The van der Waals surface area contributed by atoms with Gasteiger partial charge in [-0.3, -0.25) is 9.48 Å². The Hall–Kier alpha value is -1.41. The summed E-state index contributed by atoms with van der Waals surface area (Å²) in [6.45, 7) is 1.25. The summed E-state index contributed by atoms with van der Waals surface area (Å²) in [5, 5.41) is 12.2. The number of nitrogens with zero attached hydrogens (tertiary/aromatic N) is 2. The van der Waals surface area contributed by atoms with Crippen LogP contribution in [-0.2, 0) is 21.9 Å². The van der Waals surface area contributed by atoms with Crippen LogP contribution in [0.5, 0.6) is 0 Å². The van der Waals surface area contributed by atoms with Crippen LogP contribution in [0.15, 0.2) is 17.3 Å². The fraction of sp³-hybridized carbons (Fsp3) is 0.429. The van der Waals surface area contributed by atoms with Gasteiger partial charge in [-0.1, -0.05) is 0 Å². The molecule has 0 amide bonds. The van der Waals surface area contributed by atoms with Crippen LogP contribution >= 0.6 is 0 Å². The summed E-state index contributed by atoms with van der Waals surface area (Å²) in [6, 6.07) is 0.113. The summed E-state index contributed by atoms with van der Waals surface area (Å²) < 4.78 is 26.3. The molecule has 1 unspecified atom stereocenters. The van der Waals surface area contributed by atoms with Crippen LogP contribution in [0.3, 0.4) is 0 Å². The molecule has 0 aliphatic heterocycles. The largest absolute Gasteiger partial charge is 0.480 e. The summed E-state index contributed by atoms with van der Waals surface area (Å²) in [5.74, 6) is -1.24. The summed E-state index contributed by atoms with van der Waals surface area (Å²) >= 11 is 0. The Morgan fingerprint density at radius 2 is 2.27 bits per heavy atom. The molecule has 1 aromatic heterocycles. The molecule has 0 aromatic carbocycles. The van der Waals surface area contributed by atoms with E-state index < -0.39 is 22.0 Å². The maximum Gasteiger partial charge on any atom is 0.321 e. The first-order chi connectivity index (χ1) is 6.84. The highest BCUT2D eigenvalue weighted by Crippen LogP contribution is 2.06. The number of sulfonamides is 1. The van der Waals surface area contributed by atoms with Crippen molar-refractivity contribution in [2.75, 3.05) is 0 Å². The lowest BCUT2D eigenvalue weighted by molar-refractivity contribution is -0.138. The van der Waals surface area contributed by atoms with Crippen molar-refractivity contribution in [1.82, 2.24) is 14.5 Å². The summed E-state index contributed by atoms with van der Waals surface area (Å²) in [6.07, 6.45) is 1.32. The molecule has 1 heterocycles. The van der Waals surface area contributed by atoms with Gasteiger partial charge in [0.25, 0.3) is 10.0 Å². The smallest absolute Gasteiger partial charge is 0.321 e. The van der Waals surface area contributed by atoms with Crippen molar-refractivity contribution in [2.45, 2.75) is 18.0 Å². The van der Waals surface area contributed by atoms with Crippen LogP contribution in [0.1, 0.15) is 6.92 Å². The Morgan fingerprint density at radius 3 is 2.67 bits per heavy atom. The van der Waals surface area contributed by atoms with Crippen LogP contribution in [0.25, 0.3) is 0 Å². The summed E-state index contributed by atoms with van der Waals surface area (Å²) in [4.78, 5) is 10.5. The van der Waals surface area contributed by atoms with Gasteiger partial charge in [0, 0.05) is 7.05 Å². The fourth-order valence-electron chi connectivity index (χ4n) is 0.969. The second-order valence-electron chi connectivity index (χ2n) is 2.97. The Labute approximate surface area is 86.8 Å². The molecule has 0 aliphatic rings. The predicted molar refractivity (Wildman–Crippen MR) is 50.6 cm³/mol. The second-order valence-corrected chi connectivity index (χ2v) is 4.64. The Morgan fingerprint density at radius 1 is 1.67 bits per heavy atom. The molecular formula is C7H11N3O4S. The van der Waals surface area contributed by atoms with Crippen molar-refractivity contribution < 1.29 is 18.3 Å². The number of hydrogen-bond acceptors (Lipinski definition) is 4. The zero-order valence-corrected chi connectivity index (χ0v) is 9.02. The van der Waals surface area contributed by atoms with E-state index in [1.165, 1.54) is 26.2 Å². The first kappa shape index (κ1) is 11.7. The monoisotopic (exact) mass is 233 g/mol. The molecule has 0 saturated carbocycles. The minimum Gasteiger partial charge on any atom is -0.480 e. The van der Waals surface area contributed by atoms with E-state index >= 15 is 0 Å². The van der Waals surface area contributed by atoms with Crippen LogP contribution < -0.4 is 4.72 Å². The fourth-order valence-corrected chi connectivity index (χ4v) is 2.29. The average molecular weight is 233 g/mol. The van der Waals surface area contributed by atoms with Gasteiger partial charge in [0.15, 0.2) is 5.03 Å². The van der Waals surface area contributed by atoms with E-state index in [1.54, 1.807) is 0 Å². The highest BCUT2D eigenvalue weighted by molar-refractivity contribution is 7.89. The Bertz CT molecular complexity index is 464. The van der Waals surface area contributed by atoms with Crippen LogP contribution in [0.4, 0.5) is 0 Å². The second kappa shape index (κ2) is 3.99. The molecule has 2 N–H and O–H groups in total. The zero-order valence-electron chi connectivity index (χ0n) is 8.21. The normalized spacial score (nSPS) is 13.7. The van der Waals surface area contributed by atoms with Crippen molar-refractivity contribution in [2.24, 2.45) is 7.05 Å². The van der Waals surface area contributed by atoms with Crippen molar-refractivity contribution in [3.05, 3.63) is 12.3 Å². The first-order valence-corrected chi connectivity index (χ1v) is 5.56. The van der Waals surface area contributed by atoms with E-state index in [2.05, 4.69) is 5.10 Å². The molecule has 0 saturated heterocycles. The number of nitrogens with one attached hydrogen (secondary N) is 1. The van der Waals surface area contributed by atoms with Gasteiger partial charge in [0.05, 0.1) is 6.20 Å². The molecular weight excluding hydrogens is 222 g/mol. The lowest BCUT2D eigenvalue weighted by atomic mass is 10.4. The Kier molecular flexibility index (Phi) is 3.10. The molecule has 15 heavy (non-hydrogen) atoms. The van der Waals surface area contributed by atoms with Crippen molar-refractivity contribution in [3.63, 3.8) is 0 Å². The molecule has 0 bridgehead atoms. The quantitative estimate of drug-likeness (QED) is 0.707. The minimum absolute atomic E-state index is 0.0735. The minimum atomic E-state index is -3.82. The van der Waals surface area contributed by atoms with E-state index in [4.69, 9.17) is 5.11 Å². The molecule has 0 spiro atoms. The molecule has 7 nitrogen and oxygen atoms in total. The number of carboxylic acid groups (broad SMARTS) is 1. The van der Waals surface area contributed by atoms with Crippen molar-refractivity contribution in [3.8, 4) is 0 Å². The topological polar surface area (TPSA) is 101 Å².